The first-order chi connectivity index (χ1) is 22.4. The Labute approximate surface area is 267 Å². The van der Waals surface area contributed by atoms with Crippen LogP contribution in [0.15, 0.2) is 48.9 Å². The number of nitrogens with one attached hydrogen (secondary N) is 1. The number of nitrogens with zero attached hydrogens (tertiary/aromatic N) is 7. The number of pyridine rings is 1. The molecule has 3 aromatic heterocycles. The van der Waals surface area contributed by atoms with Gasteiger partial charge in [0.15, 0.2) is 5.65 Å². The van der Waals surface area contributed by atoms with Gasteiger partial charge in [0, 0.05) is 48.5 Å². The lowest BCUT2D eigenvalue weighted by molar-refractivity contribution is 0.107. The highest BCUT2D eigenvalue weighted by Crippen LogP contribution is 2.42. The zero-order valence-corrected chi connectivity index (χ0v) is 26.3. The quantitative estimate of drug-likeness (QED) is 0.232. The van der Waals surface area contributed by atoms with Crippen LogP contribution in [-0.2, 0) is 25.9 Å². The molecular formula is C35H39FN8O2. The number of phenolic OH excluding ortho intramolecular Hbond substituents is 1. The van der Waals surface area contributed by atoms with Crippen LogP contribution in [0.4, 0.5) is 15.9 Å². The van der Waals surface area contributed by atoms with Crippen LogP contribution < -0.4 is 15.0 Å². The smallest absolute Gasteiger partial charge is 0.318 e. The van der Waals surface area contributed by atoms with Gasteiger partial charge < -0.3 is 20.1 Å². The molecular weight excluding hydrogens is 583 g/mol. The molecule has 2 atom stereocenters. The molecule has 238 valence electrons. The number of hydrogen-bond donors (Lipinski definition) is 2. The van der Waals surface area contributed by atoms with E-state index in [4.69, 9.17) is 14.7 Å². The predicted octanol–water partition coefficient (Wildman–Crippen LogP) is 5.51. The fourth-order valence-corrected chi connectivity index (χ4v) is 8.08. The number of rotatable bonds is 8. The largest absolute Gasteiger partial charge is 0.508 e. The van der Waals surface area contributed by atoms with Crippen molar-refractivity contribution in [3.8, 4) is 11.8 Å². The first-order valence-corrected chi connectivity index (χ1v) is 16.4. The third kappa shape index (κ3) is 5.06. The van der Waals surface area contributed by atoms with E-state index in [9.17, 15) is 9.50 Å². The summed E-state index contributed by atoms with van der Waals surface area (Å²) in [7, 11) is 0. The molecule has 0 saturated carbocycles. The Morgan fingerprint density at radius 3 is 2.96 bits per heavy atom. The number of ether oxygens (including phenoxy) is 1. The Kier molecular flexibility index (Phi) is 7.16. The molecule has 46 heavy (non-hydrogen) atoms. The summed E-state index contributed by atoms with van der Waals surface area (Å²) in [5, 5.41) is 24.0. The van der Waals surface area contributed by atoms with Crippen molar-refractivity contribution in [1.29, 1.82) is 0 Å². The van der Waals surface area contributed by atoms with Gasteiger partial charge in [0.1, 0.15) is 30.3 Å². The van der Waals surface area contributed by atoms with E-state index in [1.165, 1.54) is 12.5 Å². The Balaban J connectivity index is 1.14. The van der Waals surface area contributed by atoms with Gasteiger partial charge >= 0.3 is 6.01 Å². The van der Waals surface area contributed by atoms with Crippen molar-refractivity contribution < 1.29 is 14.2 Å². The normalized spacial score (nSPS) is 21.2. The van der Waals surface area contributed by atoms with E-state index in [2.05, 4.69) is 32.2 Å². The van der Waals surface area contributed by atoms with E-state index in [1.807, 2.05) is 29.7 Å². The van der Waals surface area contributed by atoms with Crippen LogP contribution in [-0.4, -0.2) is 66.4 Å². The molecule has 0 amide bonds. The van der Waals surface area contributed by atoms with Gasteiger partial charge in [0.05, 0.1) is 17.8 Å². The molecule has 8 rings (SSSR count). The van der Waals surface area contributed by atoms with Gasteiger partial charge in [-0.1, -0.05) is 26.0 Å². The first kappa shape index (κ1) is 28.9. The molecule has 0 aliphatic carbocycles. The molecule has 2 aromatic carbocycles. The molecule has 2 N–H and O–H groups in total. The highest BCUT2D eigenvalue weighted by molar-refractivity contribution is 5.98. The second-order valence-corrected chi connectivity index (χ2v) is 13.3. The van der Waals surface area contributed by atoms with Crippen LogP contribution in [0.2, 0.25) is 0 Å². The lowest BCUT2D eigenvalue weighted by Gasteiger charge is -2.33. The average molecular weight is 623 g/mol. The van der Waals surface area contributed by atoms with Crippen molar-refractivity contribution >= 4 is 27.9 Å². The van der Waals surface area contributed by atoms with Gasteiger partial charge in [-0.25, -0.2) is 4.39 Å². The number of fused-ring (bicyclic) bond motifs is 4. The predicted molar refractivity (Wildman–Crippen MR) is 175 cm³/mol. The molecule has 0 radical (unpaired) electrons. The van der Waals surface area contributed by atoms with Gasteiger partial charge in [0.2, 0.25) is 0 Å². The Bertz CT molecular complexity index is 1950. The van der Waals surface area contributed by atoms with Crippen molar-refractivity contribution in [3.05, 3.63) is 77.1 Å². The van der Waals surface area contributed by atoms with Crippen molar-refractivity contribution in [2.45, 2.75) is 64.6 Å². The van der Waals surface area contributed by atoms with Gasteiger partial charge in [-0.05, 0) is 79.3 Å². The number of halogens is 1. The van der Waals surface area contributed by atoms with Crippen LogP contribution in [0.3, 0.4) is 0 Å². The lowest BCUT2D eigenvalue weighted by Crippen LogP contribution is -2.43. The van der Waals surface area contributed by atoms with Crippen molar-refractivity contribution in [2.24, 2.45) is 5.92 Å². The number of aromatic nitrogens is 5. The van der Waals surface area contributed by atoms with E-state index in [-0.39, 0.29) is 17.1 Å². The van der Waals surface area contributed by atoms with Crippen LogP contribution >= 0.6 is 0 Å². The summed E-state index contributed by atoms with van der Waals surface area (Å²) in [5.74, 6) is 1.35. The van der Waals surface area contributed by atoms with Crippen molar-refractivity contribution in [2.75, 3.05) is 36.5 Å². The molecule has 6 heterocycles. The highest BCUT2D eigenvalue weighted by atomic mass is 19.1. The molecule has 2 saturated heterocycles. The van der Waals surface area contributed by atoms with Crippen molar-refractivity contribution in [3.63, 3.8) is 0 Å². The standard InChI is InChI=1S/C35H39FN8O2/c1-3-26-28(36)7-6-24-13-25(45)14-30(32(24)26)42-12-9-27-29(19-42)39-34(46-20-35-10-4-11-44(35)17-22(2)15-35)40-33(27)37-16-23-5-8-31-41-38-21-43(31)18-23/h5-8,13-14,18,21-22,45H,3-4,9-12,15-17,19-20H2,1-2H3,(H,37,39,40)/t22-,35+/m1/s1. The summed E-state index contributed by atoms with van der Waals surface area (Å²) < 4.78 is 23.4. The molecule has 0 bridgehead atoms. The first-order valence-electron chi connectivity index (χ1n) is 16.4. The maximum atomic E-state index is 15.0. The maximum absolute atomic E-state index is 15.0. The van der Waals surface area contributed by atoms with E-state index in [0.29, 0.717) is 56.6 Å². The summed E-state index contributed by atoms with van der Waals surface area (Å²) in [5.41, 5.74) is 5.31. The number of benzene rings is 2. The Morgan fingerprint density at radius 1 is 1.15 bits per heavy atom. The summed E-state index contributed by atoms with van der Waals surface area (Å²) in [6.45, 7) is 8.82. The number of aryl methyl sites for hydroxylation is 1. The van der Waals surface area contributed by atoms with Crippen LogP contribution in [0.5, 0.6) is 11.8 Å². The zero-order chi connectivity index (χ0) is 31.4. The van der Waals surface area contributed by atoms with E-state index >= 15 is 0 Å². The van der Waals surface area contributed by atoms with Gasteiger partial charge in [-0.2, -0.15) is 9.97 Å². The summed E-state index contributed by atoms with van der Waals surface area (Å²) in [4.78, 5) is 14.7. The van der Waals surface area contributed by atoms with Crippen molar-refractivity contribution in [1.82, 2.24) is 29.5 Å². The van der Waals surface area contributed by atoms with E-state index < -0.39 is 0 Å². The summed E-state index contributed by atoms with van der Waals surface area (Å²) in [6.07, 6.45) is 8.41. The number of anilines is 2. The van der Waals surface area contributed by atoms with Crippen LogP contribution in [0.1, 0.15) is 55.5 Å². The minimum absolute atomic E-state index is 0.0493. The van der Waals surface area contributed by atoms with Gasteiger partial charge in [-0.3, -0.25) is 9.30 Å². The Morgan fingerprint density at radius 2 is 2.07 bits per heavy atom. The zero-order valence-electron chi connectivity index (χ0n) is 26.3. The van der Waals surface area contributed by atoms with Gasteiger partial charge in [0.25, 0.3) is 0 Å². The van der Waals surface area contributed by atoms with Crippen LogP contribution in [0, 0.1) is 11.7 Å². The lowest BCUT2D eigenvalue weighted by atomic mass is 9.92. The second kappa shape index (κ2) is 11.4. The minimum atomic E-state index is -0.227. The number of phenols is 1. The molecule has 10 nitrogen and oxygen atoms in total. The molecule has 3 aliphatic heterocycles. The molecule has 3 aliphatic rings. The average Bonchev–Trinajstić information content (AvgIpc) is 3.76. The third-order valence-electron chi connectivity index (χ3n) is 10.2. The van der Waals surface area contributed by atoms with E-state index in [0.717, 1.165) is 70.7 Å². The summed E-state index contributed by atoms with van der Waals surface area (Å²) in [6, 6.07) is 11.1. The number of aromatic hydroxyl groups is 1. The number of hydrogen-bond acceptors (Lipinski definition) is 9. The second-order valence-electron chi connectivity index (χ2n) is 13.3. The topological polar surface area (TPSA) is 104 Å². The fourth-order valence-electron chi connectivity index (χ4n) is 8.08. The highest BCUT2D eigenvalue weighted by Gasteiger charge is 2.47. The molecule has 0 unspecified atom stereocenters. The monoisotopic (exact) mass is 622 g/mol. The molecule has 2 fully saturated rings. The van der Waals surface area contributed by atoms with Crippen LogP contribution in [0.25, 0.3) is 16.4 Å². The fraction of sp³-hybridized carbons (Fsp3) is 0.429. The SMILES string of the molecule is CCc1c(F)ccc2cc(O)cc(N3CCc4c(nc(OC[C@@]56CCCN5C[C@H](C)C6)nc4NCc4ccc5nncn5c4)C3)c12. The van der Waals surface area contributed by atoms with Gasteiger partial charge in [-0.15, -0.1) is 10.2 Å². The molecule has 11 heteroatoms. The summed E-state index contributed by atoms with van der Waals surface area (Å²) >= 11 is 0. The third-order valence-corrected chi connectivity index (χ3v) is 10.2. The Hall–Kier alpha value is -4.51. The molecule has 0 spiro atoms. The van der Waals surface area contributed by atoms with E-state index in [1.54, 1.807) is 24.5 Å². The maximum Gasteiger partial charge on any atom is 0.318 e. The minimum Gasteiger partial charge on any atom is -0.508 e. The molecule has 5 aromatic rings.